The van der Waals surface area contributed by atoms with Crippen molar-refractivity contribution in [2.24, 2.45) is 4.99 Å². The Hall–Kier alpha value is -3.44. The molecular weight excluding hydrogens is 360 g/mol. The predicted octanol–water partition coefficient (Wildman–Crippen LogP) is 4.19. The Labute approximate surface area is 169 Å². The molecule has 0 bridgehead atoms. The van der Waals surface area contributed by atoms with Crippen LogP contribution in [0.1, 0.15) is 17.2 Å². The second kappa shape index (κ2) is 6.87. The first-order valence-electron chi connectivity index (χ1n) is 9.70. The average Bonchev–Trinajstić information content (AvgIpc) is 3.12. The SMILES string of the molecule is CN(C)c1ccc(C2=Nc3nc4ccccc4n3C(c3ccccc3)C2O)cc1. The van der Waals surface area contributed by atoms with Crippen molar-refractivity contribution in [1.82, 2.24) is 9.55 Å². The molecule has 0 aliphatic carbocycles. The van der Waals surface area contributed by atoms with E-state index in [0.717, 1.165) is 27.8 Å². The maximum Gasteiger partial charge on any atom is 0.231 e. The van der Waals surface area contributed by atoms with E-state index >= 15 is 0 Å². The van der Waals surface area contributed by atoms with Gasteiger partial charge in [-0.05, 0) is 35.4 Å². The number of aromatic nitrogens is 2. The normalized spacial score (nSPS) is 18.4. The largest absolute Gasteiger partial charge is 0.384 e. The van der Waals surface area contributed by atoms with Gasteiger partial charge in [-0.25, -0.2) is 9.98 Å². The lowest BCUT2D eigenvalue weighted by Crippen LogP contribution is -2.36. The van der Waals surface area contributed by atoms with Crippen molar-refractivity contribution in [3.8, 4) is 0 Å². The molecule has 4 aromatic rings. The van der Waals surface area contributed by atoms with Crippen LogP contribution in [0, 0.1) is 0 Å². The van der Waals surface area contributed by atoms with E-state index in [1.807, 2.05) is 97.5 Å². The minimum absolute atomic E-state index is 0.292. The Bertz CT molecular complexity index is 1190. The fourth-order valence-electron chi connectivity index (χ4n) is 4.00. The van der Waals surface area contributed by atoms with Crippen LogP contribution in [-0.2, 0) is 0 Å². The molecule has 3 aromatic carbocycles. The molecule has 2 unspecified atom stereocenters. The summed E-state index contributed by atoms with van der Waals surface area (Å²) >= 11 is 0. The van der Waals surface area contributed by atoms with Crippen LogP contribution < -0.4 is 4.90 Å². The van der Waals surface area contributed by atoms with Gasteiger partial charge in [-0.15, -0.1) is 0 Å². The fourth-order valence-corrected chi connectivity index (χ4v) is 4.00. The van der Waals surface area contributed by atoms with Crippen molar-refractivity contribution in [3.05, 3.63) is 90.0 Å². The molecule has 0 spiro atoms. The summed E-state index contributed by atoms with van der Waals surface area (Å²) in [5.74, 6) is 0.622. The molecule has 5 rings (SSSR count). The zero-order valence-electron chi connectivity index (χ0n) is 16.4. The highest BCUT2D eigenvalue weighted by Gasteiger charge is 2.35. The van der Waals surface area contributed by atoms with Crippen molar-refractivity contribution in [3.63, 3.8) is 0 Å². The van der Waals surface area contributed by atoms with E-state index in [2.05, 4.69) is 4.90 Å². The molecule has 5 nitrogen and oxygen atoms in total. The predicted molar refractivity (Wildman–Crippen MR) is 117 cm³/mol. The van der Waals surface area contributed by atoms with E-state index in [4.69, 9.17) is 9.98 Å². The van der Waals surface area contributed by atoms with Gasteiger partial charge in [0.25, 0.3) is 0 Å². The highest BCUT2D eigenvalue weighted by Crippen LogP contribution is 2.37. The molecule has 1 N–H and O–H groups in total. The minimum Gasteiger partial charge on any atom is -0.384 e. The molecule has 0 saturated carbocycles. The van der Waals surface area contributed by atoms with E-state index in [-0.39, 0.29) is 6.04 Å². The van der Waals surface area contributed by atoms with E-state index < -0.39 is 6.10 Å². The summed E-state index contributed by atoms with van der Waals surface area (Å²) in [5.41, 5.74) is 5.53. The highest BCUT2D eigenvalue weighted by molar-refractivity contribution is 6.06. The number of rotatable bonds is 3. The molecule has 0 fully saturated rings. The number of nitrogens with zero attached hydrogens (tertiary/aromatic N) is 4. The van der Waals surface area contributed by atoms with Crippen LogP contribution in [0.5, 0.6) is 0 Å². The van der Waals surface area contributed by atoms with Crippen LogP contribution in [0.4, 0.5) is 11.6 Å². The zero-order valence-corrected chi connectivity index (χ0v) is 16.4. The van der Waals surface area contributed by atoms with Crippen LogP contribution in [0.25, 0.3) is 11.0 Å². The van der Waals surface area contributed by atoms with Gasteiger partial charge in [-0.2, -0.15) is 0 Å². The van der Waals surface area contributed by atoms with E-state index in [1.165, 1.54) is 0 Å². The standard InChI is InChI=1S/C24H22N4O/c1-27(2)18-14-12-16(13-15-18)21-23(29)22(17-8-4-3-5-9-17)28-20-11-7-6-10-19(20)25-24(28)26-21/h3-15,22-23,29H,1-2H3. The van der Waals surface area contributed by atoms with Gasteiger partial charge in [0.15, 0.2) is 0 Å². The Morgan fingerprint density at radius 1 is 0.862 bits per heavy atom. The van der Waals surface area contributed by atoms with Crippen molar-refractivity contribution in [1.29, 1.82) is 0 Å². The number of anilines is 1. The molecule has 29 heavy (non-hydrogen) atoms. The Morgan fingerprint density at radius 3 is 2.28 bits per heavy atom. The number of hydrogen-bond acceptors (Lipinski definition) is 4. The van der Waals surface area contributed by atoms with Crippen LogP contribution in [0.3, 0.4) is 0 Å². The molecule has 0 radical (unpaired) electrons. The summed E-state index contributed by atoms with van der Waals surface area (Å²) in [6, 6.07) is 25.9. The Kier molecular flexibility index (Phi) is 4.18. The average molecular weight is 382 g/mol. The van der Waals surface area contributed by atoms with Crippen molar-refractivity contribution in [2.45, 2.75) is 12.1 Å². The van der Waals surface area contributed by atoms with Gasteiger partial charge in [0.2, 0.25) is 5.95 Å². The molecule has 5 heteroatoms. The first-order chi connectivity index (χ1) is 14.1. The van der Waals surface area contributed by atoms with Crippen LogP contribution in [0.2, 0.25) is 0 Å². The first-order valence-corrected chi connectivity index (χ1v) is 9.70. The number of aliphatic hydroxyl groups excluding tert-OH is 1. The summed E-state index contributed by atoms with van der Waals surface area (Å²) in [5, 5.41) is 11.4. The number of para-hydroxylation sites is 2. The number of hydrogen-bond donors (Lipinski definition) is 1. The van der Waals surface area contributed by atoms with Crippen molar-refractivity contribution < 1.29 is 5.11 Å². The van der Waals surface area contributed by atoms with E-state index in [9.17, 15) is 5.11 Å². The van der Waals surface area contributed by atoms with Crippen molar-refractivity contribution in [2.75, 3.05) is 19.0 Å². The Balaban J connectivity index is 1.71. The number of fused-ring (bicyclic) bond motifs is 3. The maximum atomic E-state index is 11.4. The molecule has 1 aromatic heterocycles. The highest BCUT2D eigenvalue weighted by atomic mass is 16.3. The fraction of sp³-hybridized carbons (Fsp3) is 0.167. The number of benzene rings is 3. The minimum atomic E-state index is -0.785. The quantitative estimate of drug-likeness (QED) is 0.578. The van der Waals surface area contributed by atoms with Gasteiger partial charge in [-0.3, -0.25) is 4.57 Å². The molecule has 1 aliphatic heterocycles. The smallest absolute Gasteiger partial charge is 0.231 e. The number of aliphatic hydroxyl groups is 1. The van der Waals surface area contributed by atoms with Crippen LogP contribution in [0.15, 0.2) is 83.9 Å². The molecule has 0 amide bonds. The first kappa shape index (κ1) is 17.6. The molecular formula is C24H22N4O. The topological polar surface area (TPSA) is 53.7 Å². The third kappa shape index (κ3) is 2.91. The molecule has 144 valence electrons. The molecule has 2 heterocycles. The van der Waals surface area contributed by atoms with Crippen LogP contribution >= 0.6 is 0 Å². The lowest BCUT2D eigenvalue weighted by Gasteiger charge is -2.31. The van der Waals surface area contributed by atoms with Gasteiger partial charge < -0.3 is 10.0 Å². The second-order valence-corrected chi connectivity index (χ2v) is 7.51. The lowest BCUT2D eigenvalue weighted by molar-refractivity contribution is 0.192. The lowest BCUT2D eigenvalue weighted by atomic mass is 9.92. The molecule has 2 atom stereocenters. The third-order valence-corrected chi connectivity index (χ3v) is 5.48. The second-order valence-electron chi connectivity index (χ2n) is 7.51. The molecule has 0 saturated heterocycles. The van der Waals surface area contributed by atoms with Crippen LogP contribution in [-0.4, -0.2) is 40.6 Å². The number of imidazole rings is 1. The maximum absolute atomic E-state index is 11.4. The van der Waals surface area contributed by atoms with Gasteiger partial charge >= 0.3 is 0 Å². The summed E-state index contributed by atoms with van der Waals surface area (Å²) in [6.07, 6.45) is -0.785. The van der Waals surface area contributed by atoms with Gasteiger partial charge in [0.05, 0.1) is 22.8 Å². The van der Waals surface area contributed by atoms with E-state index in [1.54, 1.807) is 0 Å². The van der Waals surface area contributed by atoms with Gasteiger partial charge in [-0.1, -0.05) is 54.6 Å². The summed E-state index contributed by atoms with van der Waals surface area (Å²) in [4.78, 5) is 11.6. The van der Waals surface area contributed by atoms with Gasteiger partial charge in [0, 0.05) is 19.8 Å². The monoisotopic (exact) mass is 382 g/mol. The van der Waals surface area contributed by atoms with E-state index in [0.29, 0.717) is 11.7 Å². The summed E-state index contributed by atoms with van der Waals surface area (Å²) < 4.78 is 2.05. The third-order valence-electron chi connectivity index (χ3n) is 5.48. The zero-order chi connectivity index (χ0) is 20.0. The Morgan fingerprint density at radius 2 is 1.55 bits per heavy atom. The van der Waals surface area contributed by atoms with Gasteiger partial charge in [0.1, 0.15) is 6.10 Å². The summed E-state index contributed by atoms with van der Waals surface area (Å²) in [6.45, 7) is 0. The van der Waals surface area contributed by atoms with Crippen molar-refractivity contribution >= 4 is 28.4 Å². The number of aliphatic imine (C=N–C) groups is 1. The molecule has 1 aliphatic rings. The summed E-state index contributed by atoms with van der Waals surface area (Å²) in [7, 11) is 4.02.